The van der Waals surface area contributed by atoms with E-state index >= 15 is 0 Å². The van der Waals surface area contributed by atoms with Crippen molar-refractivity contribution < 1.29 is 24.2 Å². The smallest absolute Gasteiger partial charge is 0.224 e. The first-order valence-electron chi connectivity index (χ1n) is 4.41. The largest absolute Gasteiger partial charge is 0.502 e. The summed E-state index contributed by atoms with van der Waals surface area (Å²) in [5.41, 5.74) is 0. The molecule has 0 aromatic carbocycles. The van der Waals surface area contributed by atoms with Gasteiger partial charge in [0.05, 0.1) is 6.26 Å². The zero-order valence-electron chi connectivity index (χ0n) is 8.51. The summed E-state index contributed by atoms with van der Waals surface area (Å²) in [7, 11) is 0. The van der Waals surface area contributed by atoms with Gasteiger partial charge in [-0.3, -0.25) is 9.59 Å². The summed E-state index contributed by atoms with van der Waals surface area (Å²) < 4.78 is 4.91. The van der Waals surface area contributed by atoms with Gasteiger partial charge in [0.1, 0.15) is 5.76 Å². The van der Waals surface area contributed by atoms with E-state index in [2.05, 4.69) is 0 Å². The number of allylic oxidation sites excluding steroid dienone is 2. The number of aliphatic hydroxyl groups excluding tert-OH is 2. The number of Topliss-reactive ketones (excluding diaryl/α,β-unsaturated/α-hetero) is 1. The van der Waals surface area contributed by atoms with Crippen LogP contribution in [0.3, 0.4) is 0 Å². The molecule has 0 saturated heterocycles. The van der Waals surface area contributed by atoms with Gasteiger partial charge in [-0.1, -0.05) is 0 Å². The molecule has 0 unspecified atom stereocenters. The predicted molar refractivity (Wildman–Crippen MR) is 55.7 cm³/mol. The van der Waals surface area contributed by atoms with Gasteiger partial charge in [-0.05, 0) is 24.3 Å². The molecule has 1 aromatic rings. The Labute approximate surface area is 91.3 Å². The minimum absolute atomic E-state index is 0.420. The number of carbonyl (C=O) groups excluding carboxylic acids is 2. The molecule has 0 fully saturated rings. The first-order chi connectivity index (χ1) is 7.52. The first-order valence-corrected chi connectivity index (χ1v) is 4.41. The highest BCUT2D eigenvalue weighted by Crippen LogP contribution is 2.06. The van der Waals surface area contributed by atoms with Gasteiger partial charge in [0.25, 0.3) is 0 Å². The minimum Gasteiger partial charge on any atom is -0.502 e. The van der Waals surface area contributed by atoms with Crippen molar-refractivity contribution in [2.45, 2.75) is 6.92 Å². The lowest BCUT2D eigenvalue weighted by atomic mass is 10.2. The summed E-state index contributed by atoms with van der Waals surface area (Å²) in [5.74, 6) is -3.16. The van der Waals surface area contributed by atoms with E-state index in [9.17, 15) is 9.59 Å². The van der Waals surface area contributed by atoms with E-state index in [0.29, 0.717) is 5.76 Å². The molecule has 1 aromatic heterocycles. The van der Waals surface area contributed by atoms with Crippen LogP contribution in [0, 0.1) is 0 Å². The third kappa shape index (κ3) is 2.84. The Morgan fingerprint density at radius 3 is 2.50 bits per heavy atom. The highest BCUT2D eigenvalue weighted by atomic mass is 16.3. The second kappa shape index (κ2) is 4.97. The van der Waals surface area contributed by atoms with Gasteiger partial charge in [0, 0.05) is 6.92 Å². The van der Waals surface area contributed by atoms with Crippen LogP contribution < -0.4 is 0 Å². The van der Waals surface area contributed by atoms with Gasteiger partial charge in [-0.15, -0.1) is 0 Å². The van der Waals surface area contributed by atoms with Crippen molar-refractivity contribution in [3.63, 3.8) is 0 Å². The Morgan fingerprint density at radius 1 is 1.31 bits per heavy atom. The standard InChI is InChI=1S/C11H10O5/c1-7(12)10(14)11(15)9(13)5-4-8-3-2-6-16-8/h2-6,14-15H,1H3/b5-4+,11-10+. The average molecular weight is 222 g/mol. The van der Waals surface area contributed by atoms with Crippen molar-refractivity contribution in [3.05, 3.63) is 41.8 Å². The van der Waals surface area contributed by atoms with Crippen molar-refractivity contribution >= 4 is 17.6 Å². The highest BCUT2D eigenvalue weighted by molar-refractivity contribution is 6.09. The SMILES string of the molecule is CC(=O)/C(O)=C(\O)C(=O)/C=C/c1ccco1. The maximum atomic E-state index is 11.2. The van der Waals surface area contributed by atoms with Crippen LogP contribution in [-0.4, -0.2) is 21.8 Å². The number of carbonyl (C=O) groups is 2. The summed E-state index contributed by atoms with van der Waals surface area (Å²) in [6, 6.07) is 3.24. The van der Waals surface area contributed by atoms with Gasteiger partial charge in [-0.25, -0.2) is 0 Å². The Kier molecular flexibility index (Phi) is 3.66. The Morgan fingerprint density at radius 2 is 2.00 bits per heavy atom. The Hall–Kier alpha value is -2.30. The van der Waals surface area contributed by atoms with E-state index in [4.69, 9.17) is 14.6 Å². The number of hydrogen-bond donors (Lipinski definition) is 2. The molecule has 2 N–H and O–H groups in total. The number of hydrogen-bond acceptors (Lipinski definition) is 5. The molecular formula is C11H10O5. The van der Waals surface area contributed by atoms with E-state index in [1.807, 2.05) is 0 Å². The summed E-state index contributed by atoms with van der Waals surface area (Å²) in [4.78, 5) is 21.9. The van der Waals surface area contributed by atoms with E-state index in [1.165, 1.54) is 12.3 Å². The molecule has 0 bridgehead atoms. The molecule has 0 aliphatic carbocycles. The van der Waals surface area contributed by atoms with Crippen molar-refractivity contribution in [1.29, 1.82) is 0 Å². The molecule has 1 heterocycles. The predicted octanol–water partition coefficient (Wildman–Crippen LogP) is 1.78. The van der Waals surface area contributed by atoms with Crippen LogP contribution in [0.5, 0.6) is 0 Å². The van der Waals surface area contributed by atoms with Crippen LogP contribution in [0.25, 0.3) is 6.08 Å². The van der Waals surface area contributed by atoms with Crippen LogP contribution in [0.2, 0.25) is 0 Å². The second-order valence-corrected chi connectivity index (χ2v) is 2.97. The second-order valence-electron chi connectivity index (χ2n) is 2.97. The quantitative estimate of drug-likeness (QED) is 0.598. The Balaban J connectivity index is 2.81. The van der Waals surface area contributed by atoms with Crippen LogP contribution >= 0.6 is 0 Å². The van der Waals surface area contributed by atoms with Gasteiger partial charge >= 0.3 is 0 Å². The van der Waals surface area contributed by atoms with Crippen molar-refractivity contribution in [1.82, 2.24) is 0 Å². The summed E-state index contributed by atoms with van der Waals surface area (Å²) >= 11 is 0. The van der Waals surface area contributed by atoms with E-state index in [0.717, 1.165) is 13.0 Å². The van der Waals surface area contributed by atoms with Crippen molar-refractivity contribution in [2.24, 2.45) is 0 Å². The van der Waals surface area contributed by atoms with E-state index in [1.54, 1.807) is 12.1 Å². The third-order valence-electron chi connectivity index (χ3n) is 1.73. The number of furan rings is 1. The molecule has 84 valence electrons. The number of aliphatic hydroxyl groups is 2. The van der Waals surface area contributed by atoms with E-state index < -0.39 is 23.1 Å². The molecule has 1 rings (SSSR count). The molecule has 5 heteroatoms. The van der Waals surface area contributed by atoms with Crippen LogP contribution in [0.1, 0.15) is 12.7 Å². The average Bonchev–Trinajstić information content (AvgIpc) is 2.76. The van der Waals surface area contributed by atoms with Crippen LogP contribution in [0.15, 0.2) is 40.4 Å². The fourth-order valence-electron chi connectivity index (χ4n) is 0.906. The molecule has 0 radical (unpaired) electrons. The van der Waals surface area contributed by atoms with Crippen molar-refractivity contribution in [2.75, 3.05) is 0 Å². The normalized spacial score (nSPS) is 12.6. The molecule has 0 amide bonds. The molecule has 0 saturated carbocycles. The topological polar surface area (TPSA) is 87.7 Å². The highest BCUT2D eigenvalue weighted by Gasteiger charge is 2.14. The number of rotatable bonds is 4. The molecule has 0 spiro atoms. The lowest BCUT2D eigenvalue weighted by Crippen LogP contribution is -2.07. The molecule has 0 aliphatic rings. The lowest BCUT2D eigenvalue weighted by molar-refractivity contribution is -0.118. The fourth-order valence-corrected chi connectivity index (χ4v) is 0.906. The van der Waals surface area contributed by atoms with Crippen LogP contribution in [-0.2, 0) is 9.59 Å². The zero-order chi connectivity index (χ0) is 12.1. The zero-order valence-corrected chi connectivity index (χ0v) is 8.51. The maximum Gasteiger partial charge on any atom is 0.224 e. The van der Waals surface area contributed by atoms with Crippen LogP contribution in [0.4, 0.5) is 0 Å². The van der Waals surface area contributed by atoms with E-state index in [-0.39, 0.29) is 0 Å². The molecule has 5 nitrogen and oxygen atoms in total. The fraction of sp³-hybridized carbons (Fsp3) is 0.0909. The van der Waals surface area contributed by atoms with Crippen molar-refractivity contribution in [3.8, 4) is 0 Å². The Bertz CT molecular complexity index is 451. The molecular weight excluding hydrogens is 212 g/mol. The maximum absolute atomic E-state index is 11.2. The monoisotopic (exact) mass is 222 g/mol. The lowest BCUT2D eigenvalue weighted by Gasteiger charge is -1.96. The molecule has 0 atom stereocenters. The van der Waals surface area contributed by atoms with Gasteiger partial charge in [0.15, 0.2) is 5.78 Å². The molecule has 0 aliphatic heterocycles. The van der Waals surface area contributed by atoms with Gasteiger partial charge < -0.3 is 14.6 Å². The summed E-state index contributed by atoms with van der Waals surface area (Å²) in [6.07, 6.45) is 3.73. The number of ketones is 2. The molecule has 16 heavy (non-hydrogen) atoms. The van der Waals surface area contributed by atoms with Gasteiger partial charge in [0.2, 0.25) is 17.3 Å². The summed E-state index contributed by atoms with van der Waals surface area (Å²) in [5, 5.41) is 18.2. The third-order valence-corrected chi connectivity index (χ3v) is 1.73. The van der Waals surface area contributed by atoms with Gasteiger partial charge in [-0.2, -0.15) is 0 Å². The first kappa shape index (κ1) is 11.8. The summed E-state index contributed by atoms with van der Waals surface area (Å²) in [6.45, 7) is 1.04. The minimum atomic E-state index is -0.977.